The summed E-state index contributed by atoms with van der Waals surface area (Å²) in [6.45, 7) is 5.53. The van der Waals surface area contributed by atoms with Gasteiger partial charge in [-0.15, -0.1) is 0 Å². The predicted molar refractivity (Wildman–Crippen MR) is 126 cm³/mol. The van der Waals surface area contributed by atoms with Gasteiger partial charge < -0.3 is 10.2 Å². The van der Waals surface area contributed by atoms with Crippen LogP contribution in [-0.2, 0) is 14.8 Å². The van der Waals surface area contributed by atoms with E-state index in [1.807, 2.05) is 13.8 Å². The van der Waals surface area contributed by atoms with Crippen molar-refractivity contribution in [2.24, 2.45) is 5.92 Å². The Morgan fingerprint density at radius 2 is 1.79 bits per heavy atom. The molecule has 0 aliphatic heterocycles. The Balaban J connectivity index is 2.61. The average molecular weight is 480 g/mol. The molecule has 0 radical (unpaired) electrons. The Kier molecular flexibility index (Phi) is 8.68. The molecule has 0 unspecified atom stereocenters. The number of anilines is 1. The van der Waals surface area contributed by atoms with Crippen molar-refractivity contribution in [3.8, 4) is 11.3 Å². The highest BCUT2D eigenvalue weighted by Gasteiger charge is 2.22. The molecule has 0 bridgehead atoms. The van der Waals surface area contributed by atoms with Gasteiger partial charge in [-0.1, -0.05) is 32.9 Å². The van der Waals surface area contributed by atoms with E-state index in [0.717, 1.165) is 10.6 Å². The van der Waals surface area contributed by atoms with Gasteiger partial charge in [-0.2, -0.15) is 0 Å². The normalized spacial score (nSPS) is 13.9. The number of aliphatic hydroxyl groups excluding tert-OH is 1. The minimum Gasteiger partial charge on any atom is -0.481 e. The molecule has 1 heterocycles. The van der Waals surface area contributed by atoms with E-state index in [0.29, 0.717) is 22.5 Å². The Morgan fingerprint density at radius 3 is 2.30 bits per heavy atom. The number of carboxylic acids is 1. The molecule has 0 aliphatic rings. The molecule has 33 heavy (non-hydrogen) atoms. The number of hydrogen-bond acceptors (Lipinski definition) is 6. The van der Waals surface area contributed by atoms with Crippen molar-refractivity contribution < 1.29 is 27.8 Å². The van der Waals surface area contributed by atoms with Gasteiger partial charge in [0.1, 0.15) is 5.82 Å². The van der Waals surface area contributed by atoms with Crippen LogP contribution < -0.4 is 4.31 Å². The molecule has 0 aliphatic carbocycles. The zero-order valence-corrected chi connectivity index (χ0v) is 20.2. The number of aliphatic hydroxyl groups is 1. The van der Waals surface area contributed by atoms with Crippen LogP contribution in [0.4, 0.5) is 10.3 Å². The number of aliphatic carboxylic acids is 1. The molecule has 1 aromatic heterocycles. The second-order valence-corrected chi connectivity index (χ2v) is 10.4. The quantitative estimate of drug-likeness (QED) is 0.533. The van der Waals surface area contributed by atoms with Crippen LogP contribution in [0, 0.1) is 11.7 Å². The van der Waals surface area contributed by atoms with E-state index < -0.39 is 27.9 Å². The molecule has 10 heteroatoms. The minimum absolute atomic E-state index is 0.0201. The van der Waals surface area contributed by atoms with Gasteiger partial charge in [0.25, 0.3) is 0 Å². The number of hydrogen-bond donors (Lipinski definition) is 2. The molecule has 0 saturated heterocycles. The first-order valence-electron chi connectivity index (χ1n) is 10.5. The first-order chi connectivity index (χ1) is 15.3. The molecular weight excluding hydrogens is 449 g/mol. The van der Waals surface area contributed by atoms with Gasteiger partial charge in [0.15, 0.2) is 0 Å². The molecule has 0 saturated carbocycles. The van der Waals surface area contributed by atoms with E-state index in [2.05, 4.69) is 9.97 Å². The Bertz CT molecular complexity index is 1120. The van der Waals surface area contributed by atoms with E-state index in [9.17, 15) is 22.7 Å². The molecule has 0 amide bonds. The molecule has 2 atom stereocenters. The topological polar surface area (TPSA) is 121 Å². The maximum absolute atomic E-state index is 13.5. The van der Waals surface area contributed by atoms with Crippen molar-refractivity contribution in [1.82, 2.24) is 9.97 Å². The van der Waals surface area contributed by atoms with Gasteiger partial charge in [-0.25, -0.2) is 27.1 Å². The van der Waals surface area contributed by atoms with E-state index >= 15 is 0 Å². The number of rotatable bonds is 10. The lowest BCUT2D eigenvalue weighted by molar-refractivity contribution is -0.138. The number of sulfonamides is 1. The Labute approximate surface area is 193 Å². The van der Waals surface area contributed by atoms with Gasteiger partial charge in [0.2, 0.25) is 16.0 Å². The Morgan fingerprint density at radius 1 is 1.18 bits per heavy atom. The van der Waals surface area contributed by atoms with E-state index in [1.54, 1.807) is 13.0 Å². The van der Waals surface area contributed by atoms with E-state index in [-0.39, 0.29) is 30.6 Å². The van der Waals surface area contributed by atoms with Gasteiger partial charge >= 0.3 is 5.97 Å². The molecule has 0 fully saturated rings. The SMILES string of the molecule is CC(C)c1nc(N(C)S(C)(=O)=O)nc(-c2ccc(F)cc2)c1/C=C/[C@@H](O)C[C@@H](C)CC(=O)O. The molecular formula is C23H30FN3O5S. The zero-order valence-electron chi connectivity index (χ0n) is 19.4. The Hall–Kier alpha value is -2.85. The third kappa shape index (κ3) is 7.33. The van der Waals surface area contributed by atoms with Crippen molar-refractivity contribution in [3.63, 3.8) is 0 Å². The summed E-state index contributed by atoms with van der Waals surface area (Å²) in [5.41, 5.74) is 2.06. The highest BCUT2D eigenvalue weighted by molar-refractivity contribution is 7.92. The lowest BCUT2D eigenvalue weighted by Crippen LogP contribution is -2.27. The molecule has 0 spiro atoms. The summed E-state index contributed by atoms with van der Waals surface area (Å²) < 4.78 is 38.7. The van der Waals surface area contributed by atoms with Crippen molar-refractivity contribution in [1.29, 1.82) is 0 Å². The summed E-state index contributed by atoms with van der Waals surface area (Å²) in [6.07, 6.45) is 3.52. The van der Waals surface area contributed by atoms with Crippen LogP contribution in [0.3, 0.4) is 0 Å². The summed E-state index contributed by atoms with van der Waals surface area (Å²) in [6, 6.07) is 5.63. The van der Waals surface area contributed by atoms with Crippen LogP contribution in [-0.4, -0.2) is 54.0 Å². The monoisotopic (exact) mass is 479 g/mol. The van der Waals surface area contributed by atoms with Crippen molar-refractivity contribution in [3.05, 3.63) is 47.4 Å². The average Bonchev–Trinajstić information content (AvgIpc) is 2.70. The van der Waals surface area contributed by atoms with Gasteiger partial charge in [-0.3, -0.25) is 4.79 Å². The highest BCUT2D eigenvalue weighted by Crippen LogP contribution is 2.31. The second kappa shape index (κ2) is 10.8. The van der Waals surface area contributed by atoms with E-state index in [4.69, 9.17) is 5.11 Å². The fourth-order valence-corrected chi connectivity index (χ4v) is 3.65. The highest BCUT2D eigenvalue weighted by atomic mass is 32.2. The fraction of sp³-hybridized carbons (Fsp3) is 0.435. The zero-order chi connectivity index (χ0) is 24.9. The van der Waals surface area contributed by atoms with Crippen molar-refractivity contribution in [2.45, 2.75) is 45.6 Å². The molecule has 2 aromatic rings. The predicted octanol–water partition coefficient (Wildman–Crippen LogP) is 3.68. The summed E-state index contributed by atoms with van der Waals surface area (Å²) >= 11 is 0. The maximum Gasteiger partial charge on any atom is 0.303 e. The summed E-state index contributed by atoms with van der Waals surface area (Å²) in [5, 5.41) is 19.3. The van der Waals surface area contributed by atoms with Gasteiger partial charge in [0, 0.05) is 24.6 Å². The van der Waals surface area contributed by atoms with Crippen LogP contribution in [0.2, 0.25) is 0 Å². The largest absolute Gasteiger partial charge is 0.481 e. The number of aromatic nitrogens is 2. The summed E-state index contributed by atoms with van der Waals surface area (Å²) in [4.78, 5) is 19.8. The number of benzene rings is 1. The van der Waals surface area contributed by atoms with Crippen LogP contribution in [0.25, 0.3) is 17.3 Å². The lowest BCUT2D eigenvalue weighted by atomic mass is 9.96. The van der Waals surface area contributed by atoms with Crippen LogP contribution in [0.5, 0.6) is 0 Å². The second-order valence-electron chi connectivity index (χ2n) is 8.43. The first kappa shape index (κ1) is 26.4. The van der Waals surface area contributed by atoms with Crippen LogP contribution in [0.15, 0.2) is 30.3 Å². The fourth-order valence-electron chi connectivity index (χ4n) is 3.28. The van der Waals surface area contributed by atoms with Gasteiger partial charge in [-0.05, 0) is 42.5 Å². The number of carboxylic acid groups (broad SMARTS) is 1. The number of nitrogens with zero attached hydrogens (tertiary/aromatic N) is 3. The maximum atomic E-state index is 13.5. The molecule has 2 N–H and O–H groups in total. The molecule has 180 valence electrons. The smallest absolute Gasteiger partial charge is 0.303 e. The third-order valence-electron chi connectivity index (χ3n) is 5.06. The molecule has 2 rings (SSSR count). The summed E-state index contributed by atoms with van der Waals surface area (Å²) in [5.74, 6) is -1.73. The van der Waals surface area contributed by atoms with Crippen LogP contribution in [0.1, 0.15) is 50.8 Å². The van der Waals surface area contributed by atoms with E-state index in [1.165, 1.54) is 37.4 Å². The standard InChI is InChI=1S/C23H30FN3O5S/c1-14(2)21-19(11-10-18(28)12-15(3)13-20(29)30)22(16-6-8-17(24)9-7-16)26-23(25-21)27(4)33(5,31)32/h6-11,14-15,18,28H,12-13H2,1-5H3,(H,29,30)/b11-10+/t15-,18-/m1/s1. The first-order valence-corrected chi connectivity index (χ1v) is 12.3. The number of halogens is 1. The summed E-state index contributed by atoms with van der Waals surface area (Å²) in [7, 11) is -2.27. The van der Waals surface area contributed by atoms with Crippen LogP contribution >= 0.6 is 0 Å². The third-order valence-corrected chi connectivity index (χ3v) is 6.22. The lowest BCUT2D eigenvalue weighted by Gasteiger charge is -2.20. The minimum atomic E-state index is -3.62. The molecule has 1 aromatic carbocycles. The van der Waals surface area contributed by atoms with Crippen molar-refractivity contribution in [2.75, 3.05) is 17.6 Å². The van der Waals surface area contributed by atoms with Gasteiger partial charge in [0.05, 0.1) is 23.7 Å². The van der Waals surface area contributed by atoms with Crippen molar-refractivity contribution >= 4 is 28.0 Å². The number of carbonyl (C=O) groups is 1. The molecule has 8 nitrogen and oxygen atoms in total.